The van der Waals surface area contributed by atoms with Crippen LogP contribution < -0.4 is 15.0 Å². The highest BCUT2D eigenvalue weighted by molar-refractivity contribution is 6.29. The molecule has 11 heteroatoms. The summed E-state index contributed by atoms with van der Waals surface area (Å²) < 4.78 is 34.0. The maximum absolute atomic E-state index is 13.6. The minimum Gasteiger partial charge on any atom is -0.497 e. The zero-order valence-electron chi connectivity index (χ0n) is 22.3. The van der Waals surface area contributed by atoms with Gasteiger partial charge in [-0.05, 0) is 36.8 Å². The van der Waals surface area contributed by atoms with E-state index in [4.69, 9.17) is 16.3 Å². The quantitative estimate of drug-likeness (QED) is 0.274. The predicted octanol–water partition coefficient (Wildman–Crippen LogP) is 5.36. The standard InChI is InChI=1S/C29H30ClF2N7O/c1-20-22(4-3-9-37-10-12-38(13-11-37)25-15-23(31)14-24(32)16-25)19-34-39(20)29-35-27(30)17-28(36-29)33-18-21-5-7-26(40-2)8-6-21/h3-8,14-17,19H,9-13,18H2,1-2H3,(H,33,35,36). The lowest BCUT2D eigenvalue weighted by Gasteiger charge is -2.35. The van der Waals surface area contributed by atoms with Gasteiger partial charge >= 0.3 is 0 Å². The molecule has 0 aliphatic carbocycles. The fraction of sp³-hybridized carbons (Fsp3) is 0.276. The number of nitrogens with zero attached hydrogens (tertiary/aromatic N) is 6. The van der Waals surface area contributed by atoms with Crippen molar-refractivity contribution in [1.29, 1.82) is 0 Å². The first-order chi connectivity index (χ1) is 19.4. The molecule has 2 aromatic heterocycles. The molecule has 40 heavy (non-hydrogen) atoms. The third-order valence-electron chi connectivity index (χ3n) is 6.80. The van der Waals surface area contributed by atoms with Crippen molar-refractivity contribution in [3.63, 3.8) is 0 Å². The Bertz CT molecular complexity index is 1460. The number of piperazine rings is 1. The molecule has 1 saturated heterocycles. The van der Waals surface area contributed by atoms with Crippen LogP contribution in [0.2, 0.25) is 5.15 Å². The van der Waals surface area contributed by atoms with Crippen LogP contribution in [0.3, 0.4) is 0 Å². The molecule has 1 N–H and O–H groups in total. The van der Waals surface area contributed by atoms with Crippen molar-refractivity contribution in [2.45, 2.75) is 13.5 Å². The van der Waals surface area contributed by atoms with E-state index in [0.29, 0.717) is 42.2 Å². The molecule has 0 amide bonds. The van der Waals surface area contributed by atoms with Gasteiger partial charge in [0.1, 0.15) is 28.4 Å². The van der Waals surface area contributed by atoms with Gasteiger partial charge in [0.25, 0.3) is 5.95 Å². The molecule has 3 heterocycles. The molecule has 0 atom stereocenters. The summed E-state index contributed by atoms with van der Waals surface area (Å²) in [5.74, 6) is 0.669. The minimum absolute atomic E-state index is 0.314. The highest BCUT2D eigenvalue weighted by Gasteiger charge is 2.18. The Morgan fingerprint density at radius 3 is 2.42 bits per heavy atom. The zero-order chi connectivity index (χ0) is 28.1. The second-order valence-electron chi connectivity index (χ2n) is 9.49. The summed E-state index contributed by atoms with van der Waals surface area (Å²) in [6.45, 7) is 6.27. The number of benzene rings is 2. The Labute approximate surface area is 236 Å². The molecule has 5 rings (SSSR count). The number of anilines is 2. The van der Waals surface area contributed by atoms with Crippen molar-refractivity contribution >= 4 is 29.2 Å². The SMILES string of the molecule is COc1ccc(CNc2cc(Cl)nc(-n3ncc(C=CCN4CCN(c5cc(F)cc(F)c5)CC4)c3C)n2)cc1. The summed E-state index contributed by atoms with van der Waals surface area (Å²) in [6.07, 6.45) is 5.89. The molecule has 8 nitrogen and oxygen atoms in total. The summed E-state index contributed by atoms with van der Waals surface area (Å²) >= 11 is 6.31. The van der Waals surface area contributed by atoms with Gasteiger partial charge < -0.3 is 15.0 Å². The Balaban J connectivity index is 1.18. The molecule has 0 bridgehead atoms. The summed E-state index contributed by atoms with van der Waals surface area (Å²) in [5, 5.41) is 8.09. The summed E-state index contributed by atoms with van der Waals surface area (Å²) in [4.78, 5) is 13.3. The van der Waals surface area contributed by atoms with Gasteiger partial charge in [-0.3, -0.25) is 4.90 Å². The molecular formula is C29H30ClF2N7O. The number of ether oxygens (including phenoxy) is 1. The molecular weight excluding hydrogens is 536 g/mol. The van der Waals surface area contributed by atoms with E-state index in [2.05, 4.69) is 31.4 Å². The molecule has 2 aromatic carbocycles. The second kappa shape index (κ2) is 12.4. The topological polar surface area (TPSA) is 71.3 Å². The van der Waals surface area contributed by atoms with Crippen molar-refractivity contribution < 1.29 is 13.5 Å². The molecule has 0 unspecified atom stereocenters. The average molecular weight is 566 g/mol. The molecule has 1 fully saturated rings. The number of halogens is 3. The van der Waals surface area contributed by atoms with Gasteiger partial charge in [0.2, 0.25) is 0 Å². The van der Waals surface area contributed by atoms with Crippen LogP contribution in [0.1, 0.15) is 16.8 Å². The maximum atomic E-state index is 13.6. The van der Waals surface area contributed by atoms with Gasteiger partial charge in [-0.2, -0.15) is 15.1 Å². The average Bonchev–Trinajstić information content (AvgIpc) is 3.31. The van der Waals surface area contributed by atoms with Crippen molar-refractivity contribution in [3.05, 3.63) is 94.4 Å². The molecule has 0 spiro atoms. The fourth-order valence-corrected chi connectivity index (χ4v) is 4.73. The van der Waals surface area contributed by atoms with Gasteiger partial charge in [0, 0.05) is 62.7 Å². The van der Waals surface area contributed by atoms with E-state index in [9.17, 15) is 8.78 Å². The highest BCUT2D eigenvalue weighted by atomic mass is 35.5. The van der Waals surface area contributed by atoms with Crippen molar-refractivity contribution in [2.24, 2.45) is 0 Å². The number of rotatable bonds is 9. The van der Waals surface area contributed by atoms with Crippen molar-refractivity contribution in [2.75, 3.05) is 50.1 Å². The Morgan fingerprint density at radius 2 is 1.73 bits per heavy atom. The maximum Gasteiger partial charge on any atom is 0.254 e. The zero-order valence-corrected chi connectivity index (χ0v) is 23.1. The first-order valence-electron chi connectivity index (χ1n) is 12.9. The second-order valence-corrected chi connectivity index (χ2v) is 9.88. The lowest BCUT2D eigenvalue weighted by Crippen LogP contribution is -2.46. The number of hydrogen-bond donors (Lipinski definition) is 1. The predicted molar refractivity (Wildman–Crippen MR) is 153 cm³/mol. The van der Waals surface area contributed by atoms with Crippen LogP contribution in [0.15, 0.2) is 60.8 Å². The van der Waals surface area contributed by atoms with Crippen LogP contribution in [0, 0.1) is 18.6 Å². The smallest absolute Gasteiger partial charge is 0.254 e. The van der Waals surface area contributed by atoms with Crippen molar-refractivity contribution in [3.8, 4) is 11.7 Å². The van der Waals surface area contributed by atoms with Gasteiger partial charge in [-0.15, -0.1) is 0 Å². The molecule has 4 aromatic rings. The first-order valence-corrected chi connectivity index (χ1v) is 13.3. The van der Waals surface area contributed by atoms with Crippen molar-refractivity contribution in [1.82, 2.24) is 24.6 Å². The van der Waals surface area contributed by atoms with Crippen LogP contribution in [0.25, 0.3) is 12.0 Å². The van der Waals surface area contributed by atoms with Gasteiger partial charge in [0.05, 0.1) is 19.0 Å². The summed E-state index contributed by atoms with van der Waals surface area (Å²) in [6, 6.07) is 13.1. The van der Waals surface area contributed by atoms with Crippen LogP contribution in [0.4, 0.5) is 20.3 Å². The van der Waals surface area contributed by atoms with E-state index in [1.54, 1.807) is 24.1 Å². The number of aromatic nitrogens is 4. The largest absolute Gasteiger partial charge is 0.497 e. The van der Waals surface area contributed by atoms with Crippen LogP contribution in [-0.4, -0.2) is 64.5 Å². The molecule has 208 valence electrons. The molecule has 0 saturated carbocycles. The normalized spacial score (nSPS) is 14.2. The third-order valence-corrected chi connectivity index (χ3v) is 6.99. The van der Waals surface area contributed by atoms with Crippen LogP contribution >= 0.6 is 11.6 Å². The number of nitrogens with one attached hydrogen (secondary N) is 1. The summed E-state index contributed by atoms with van der Waals surface area (Å²) in [5.41, 5.74) is 3.49. The molecule has 0 radical (unpaired) electrons. The van der Waals surface area contributed by atoms with E-state index < -0.39 is 11.6 Å². The van der Waals surface area contributed by atoms with Gasteiger partial charge in [-0.1, -0.05) is 35.9 Å². The first kappa shape index (κ1) is 27.5. The number of methoxy groups -OCH3 is 1. The summed E-state index contributed by atoms with van der Waals surface area (Å²) in [7, 11) is 1.64. The van der Waals surface area contributed by atoms with E-state index in [-0.39, 0.29) is 0 Å². The minimum atomic E-state index is -0.555. The van der Waals surface area contributed by atoms with E-state index in [1.807, 2.05) is 42.2 Å². The molecule has 1 aliphatic rings. The monoisotopic (exact) mass is 565 g/mol. The van der Waals surface area contributed by atoms with Gasteiger partial charge in [0.15, 0.2) is 0 Å². The highest BCUT2D eigenvalue weighted by Crippen LogP contribution is 2.21. The van der Waals surface area contributed by atoms with Crippen LogP contribution in [-0.2, 0) is 6.54 Å². The molecule has 1 aliphatic heterocycles. The Hall–Kier alpha value is -4.02. The van der Waals surface area contributed by atoms with E-state index in [0.717, 1.165) is 48.3 Å². The van der Waals surface area contributed by atoms with E-state index >= 15 is 0 Å². The van der Waals surface area contributed by atoms with Gasteiger partial charge in [-0.25, -0.2) is 13.5 Å². The lowest BCUT2D eigenvalue weighted by molar-refractivity contribution is 0.284. The fourth-order valence-electron chi connectivity index (χ4n) is 4.55. The number of hydrogen-bond acceptors (Lipinski definition) is 7. The Kier molecular flexibility index (Phi) is 8.57. The lowest BCUT2D eigenvalue weighted by atomic mass is 10.2. The Morgan fingerprint density at radius 1 is 1.00 bits per heavy atom. The van der Waals surface area contributed by atoms with Crippen LogP contribution in [0.5, 0.6) is 5.75 Å². The van der Waals surface area contributed by atoms with E-state index in [1.165, 1.54) is 12.1 Å². The third kappa shape index (κ3) is 6.75.